The highest BCUT2D eigenvalue weighted by Crippen LogP contribution is 2.49. The lowest BCUT2D eigenvalue weighted by molar-refractivity contribution is -0.139. The van der Waals surface area contributed by atoms with Gasteiger partial charge < -0.3 is 10.0 Å². The van der Waals surface area contributed by atoms with Gasteiger partial charge in [-0.05, 0) is 12.8 Å². The molecule has 16 heavy (non-hydrogen) atoms. The molecule has 0 aliphatic heterocycles. The number of carboxylic acid groups (broad SMARTS) is 1. The third-order valence-electron chi connectivity index (χ3n) is 3.20. The number of nitrogens with zero attached hydrogens (tertiary/aromatic N) is 2. The van der Waals surface area contributed by atoms with Gasteiger partial charge in [-0.1, -0.05) is 6.42 Å². The standard InChI is InChI=1S/C11H16N2O2S/c1-13(2)10-12-7-8(16-10)11(4-3-5-11)6-9(14)15/h7H,3-6H2,1-2H3,(H,14,15). The summed E-state index contributed by atoms with van der Waals surface area (Å²) in [5.41, 5.74) is -0.127. The Morgan fingerprint density at radius 1 is 1.62 bits per heavy atom. The summed E-state index contributed by atoms with van der Waals surface area (Å²) in [4.78, 5) is 18.3. The second kappa shape index (κ2) is 4.05. The highest BCUT2D eigenvalue weighted by molar-refractivity contribution is 7.15. The highest BCUT2D eigenvalue weighted by atomic mass is 32.1. The number of aromatic nitrogens is 1. The molecule has 1 N–H and O–H groups in total. The summed E-state index contributed by atoms with van der Waals surface area (Å²) >= 11 is 1.62. The van der Waals surface area contributed by atoms with E-state index in [1.807, 2.05) is 25.2 Å². The molecule has 5 heteroatoms. The van der Waals surface area contributed by atoms with Crippen LogP contribution < -0.4 is 4.90 Å². The van der Waals surface area contributed by atoms with Crippen LogP contribution in [0.2, 0.25) is 0 Å². The monoisotopic (exact) mass is 240 g/mol. The molecule has 1 aliphatic carbocycles. The van der Waals surface area contributed by atoms with E-state index in [9.17, 15) is 4.79 Å². The molecule has 0 aromatic carbocycles. The topological polar surface area (TPSA) is 53.4 Å². The van der Waals surface area contributed by atoms with Crippen LogP contribution in [0, 0.1) is 0 Å². The SMILES string of the molecule is CN(C)c1ncc(C2(CC(=O)O)CCC2)s1. The number of carboxylic acids is 1. The summed E-state index contributed by atoms with van der Waals surface area (Å²) in [6.07, 6.45) is 5.18. The van der Waals surface area contributed by atoms with Gasteiger partial charge in [0.2, 0.25) is 0 Å². The van der Waals surface area contributed by atoms with Gasteiger partial charge in [0.05, 0.1) is 6.42 Å². The van der Waals surface area contributed by atoms with Crippen molar-refractivity contribution in [3.63, 3.8) is 0 Å². The fraction of sp³-hybridized carbons (Fsp3) is 0.636. The molecule has 0 unspecified atom stereocenters. The van der Waals surface area contributed by atoms with Gasteiger partial charge in [0.15, 0.2) is 5.13 Å². The molecule has 0 bridgehead atoms. The van der Waals surface area contributed by atoms with Gasteiger partial charge >= 0.3 is 5.97 Å². The molecule has 1 fully saturated rings. The fourth-order valence-corrected chi connectivity index (χ4v) is 3.20. The van der Waals surface area contributed by atoms with Crippen molar-refractivity contribution in [2.45, 2.75) is 31.1 Å². The molecule has 0 atom stereocenters. The number of aliphatic carboxylic acids is 1. The third kappa shape index (κ3) is 1.91. The van der Waals surface area contributed by atoms with Gasteiger partial charge in [0.25, 0.3) is 0 Å². The smallest absolute Gasteiger partial charge is 0.304 e. The minimum absolute atomic E-state index is 0.127. The van der Waals surface area contributed by atoms with E-state index in [1.165, 1.54) is 0 Å². The summed E-state index contributed by atoms with van der Waals surface area (Å²) in [5.74, 6) is -0.709. The molecular formula is C11H16N2O2S. The Morgan fingerprint density at radius 3 is 2.69 bits per heavy atom. The predicted molar refractivity (Wildman–Crippen MR) is 64.2 cm³/mol. The molecule has 4 nitrogen and oxygen atoms in total. The van der Waals surface area contributed by atoms with E-state index in [1.54, 1.807) is 11.3 Å². The molecule has 0 radical (unpaired) electrons. The minimum Gasteiger partial charge on any atom is -0.481 e. The lowest BCUT2D eigenvalue weighted by atomic mass is 9.66. The Morgan fingerprint density at radius 2 is 2.31 bits per heavy atom. The quantitative estimate of drug-likeness (QED) is 0.875. The maximum atomic E-state index is 10.9. The van der Waals surface area contributed by atoms with Crippen LogP contribution in [0.15, 0.2) is 6.20 Å². The maximum Gasteiger partial charge on any atom is 0.304 e. The molecule has 1 aliphatic rings. The molecule has 0 amide bonds. The van der Waals surface area contributed by atoms with E-state index in [0.29, 0.717) is 0 Å². The van der Waals surface area contributed by atoms with Crippen LogP contribution in [-0.4, -0.2) is 30.2 Å². The van der Waals surface area contributed by atoms with Crippen molar-refractivity contribution >= 4 is 22.4 Å². The molecular weight excluding hydrogens is 224 g/mol. The van der Waals surface area contributed by atoms with Crippen molar-refractivity contribution < 1.29 is 9.90 Å². The van der Waals surface area contributed by atoms with Crippen LogP contribution in [0.1, 0.15) is 30.6 Å². The van der Waals surface area contributed by atoms with Crippen LogP contribution in [0.3, 0.4) is 0 Å². The van der Waals surface area contributed by atoms with E-state index in [0.717, 1.165) is 29.3 Å². The van der Waals surface area contributed by atoms with E-state index in [2.05, 4.69) is 4.98 Å². The van der Waals surface area contributed by atoms with Gasteiger partial charge in [-0.2, -0.15) is 0 Å². The number of hydrogen-bond donors (Lipinski definition) is 1. The fourth-order valence-electron chi connectivity index (χ4n) is 2.12. The van der Waals surface area contributed by atoms with Crippen LogP contribution in [0.25, 0.3) is 0 Å². The lowest BCUT2D eigenvalue weighted by Crippen LogP contribution is -2.35. The number of carbonyl (C=O) groups is 1. The normalized spacial score (nSPS) is 17.9. The average Bonchev–Trinajstić information content (AvgIpc) is 2.59. The Bertz CT molecular complexity index is 396. The Balaban J connectivity index is 2.23. The summed E-state index contributed by atoms with van der Waals surface area (Å²) in [7, 11) is 3.90. The van der Waals surface area contributed by atoms with Gasteiger partial charge in [-0.3, -0.25) is 4.79 Å². The van der Waals surface area contributed by atoms with Crippen molar-refractivity contribution in [1.82, 2.24) is 4.98 Å². The first-order valence-corrected chi connectivity index (χ1v) is 6.21. The molecule has 1 saturated carbocycles. The van der Waals surface area contributed by atoms with E-state index < -0.39 is 5.97 Å². The average molecular weight is 240 g/mol. The number of anilines is 1. The first-order chi connectivity index (χ1) is 7.53. The van der Waals surface area contributed by atoms with Gasteiger partial charge in [0, 0.05) is 30.6 Å². The van der Waals surface area contributed by atoms with Crippen molar-refractivity contribution in [2.75, 3.05) is 19.0 Å². The van der Waals surface area contributed by atoms with E-state index >= 15 is 0 Å². The summed E-state index contributed by atoms with van der Waals surface area (Å²) in [6.45, 7) is 0. The minimum atomic E-state index is -0.709. The molecule has 1 aromatic rings. The molecule has 1 heterocycles. The van der Waals surface area contributed by atoms with E-state index in [4.69, 9.17) is 5.11 Å². The molecule has 2 rings (SSSR count). The van der Waals surface area contributed by atoms with Crippen LogP contribution >= 0.6 is 11.3 Å². The zero-order valence-electron chi connectivity index (χ0n) is 9.56. The maximum absolute atomic E-state index is 10.9. The Labute approximate surface area is 98.9 Å². The molecule has 0 spiro atoms. The van der Waals surface area contributed by atoms with Gasteiger partial charge in [-0.15, -0.1) is 11.3 Å². The number of hydrogen-bond acceptors (Lipinski definition) is 4. The van der Waals surface area contributed by atoms with Crippen LogP contribution in [0.5, 0.6) is 0 Å². The second-order valence-electron chi connectivity index (χ2n) is 4.61. The molecule has 1 aromatic heterocycles. The van der Waals surface area contributed by atoms with Crippen molar-refractivity contribution in [2.24, 2.45) is 0 Å². The van der Waals surface area contributed by atoms with Crippen LogP contribution in [-0.2, 0) is 10.2 Å². The van der Waals surface area contributed by atoms with Crippen molar-refractivity contribution in [3.05, 3.63) is 11.1 Å². The summed E-state index contributed by atoms with van der Waals surface area (Å²) < 4.78 is 0. The third-order valence-corrected chi connectivity index (χ3v) is 4.61. The summed E-state index contributed by atoms with van der Waals surface area (Å²) in [5, 5.41) is 9.92. The van der Waals surface area contributed by atoms with E-state index in [-0.39, 0.29) is 11.8 Å². The van der Waals surface area contributed by atoms with Crippen molar-refractivity contribution in [3.8, 4) is 0 Å². The first kappa shape index (κ1) is 11.4. The van der Waals surface area contributed by atoms with Gasteiger partial charge in [0.1, 0.15) is 0 Å². The first-order valence-electron chi connectivity index (χ1n) is 5.39. The number of thiazole rings is 1. The Kier molecular flexibility index (Phi) is 2.88. The predicted octanol–water partition coefficient (Wildman–Crippen LogP) is 2.11. The highest BCUT2D eigenvalue weighted by Gasteiger charge is 2.42. The van der Waals surface area contributed by atoms with Crippen molar-refractivity contribution in [1.29, 1.82) is 0 Å². The summed E-state index contributed by atoms with van der Waals surface area (Å²) in [6, 6.07) is 0. The zero-order chi connectivity index (χ0) is 11.8. The zero-order valence-corrected chi connectivity index (χ0v) is 10.4. The largest absolute Gasteiger partial charge is 0.481 e. The van der Waals surface area contributed by atoms with Crippen LogP contribution in [0.4, 0.5) is 5.13 Å². The molecule has 0 saturated heterocycles. The number of rotatable bonds is 4. The van der Waals surface area contributed by atoms with Gasteiger partial charge in [-0.25, -0.2) is 4.98 Å². The Hall–Kier alpha value is -1.10. The molecule has 88 valence electrons. The lowest BCUT2D eigenvalue weighted by Gasteiger charge is -2.39. The second-order valence-corrected chi connectivity index (χ2v) is 5.62.